The second kappa shape index (κ2) is 6.93. The monoisotopic (exact) mass is 235 g/mol. The molecule has 0 fully saturated rings. The molecule has 0 heterocycles. The van der Waals surface area contributed by atoms with Gasteiger partial charge in [-0.05, 0) is 31.4 Å². The number of halogens is 1. The number of benzene rings is 1. The minimum Gasteiger partial charge on any atom is -0.490 e. The van der Waals surface area contributed by atoms with Crippen LogP contribution in [0.25, 0.3) is 0 Å². The molecule has 1 atom stereocenters. The molecule has 17 heavy (non-hydrogen) atoms. The fourth-order valence-corrected chi connectivity index (χ4v) is 1.57. The van der Waals surface area contributed by atoms with E-state index in [-0.39, 0.29) is 11.9 Å². The lowest BCUT2D eigenvalue weighted by Gasteiger charge is -2.13. The van der Waals surface area contributed by atoms with Crippen molar-refractivity contribution < 1.29 is 9.13 Å². The van der Waals surface area contributed by atoms with E-state index < -0.39 is 0 Å². The summed E-state index contributed by atoms with van der Waals surface area (Å²) in [5, 5.41) is 0. The molecule has 92 valence electrons. The maximum Gasteiger partial charge on any atom is 0.165 e. The zero-order valence-corrected chi connectivity index (χ0v) is 10.1. The predicted octanol–water partition coefficient (Wildman–Crippen LogP) is 2.51. The molecule has 1 rings (SSSR count). The smallest absolute Gasteiger partial charge is 0.165 e. The van der Waals surface area contributed by atoms with Crippen LogP contribution in [0.3, 0.4) is 0 Å². The highest BCUT2D eigenvalue weighted by Gasteiger charge is 2.10. The van der Waals surface area contributed by atoms with Crippen molar-refractivity contribution in [2.75, 3.05) is 6.61 Å². The van der Waals surface area contributed by atoms with Crippen molar-refractivity contribution in [3.63, 3.8) is 0 Å². The summed E-state index contributed by atoms with van der Waals surface area (Å²) < 4.78 is 19.0. The maximum atomic E-state index is 13.6. The predicted molar refractivity (Wildman–Crippen MR) is 67.3 cm³/mol. The second-order valence-corrected chi connectivity index (χ2v) is 4.07. The van der Waals surface area contributed by atoms with Crippen molar-refractivity contribution in [1.29, 1.82) is 0 Å². The number of terminal acetylenes is 1. The molecule has 0 aliphatic rings. The molecule has 0 aromatic heterocycles. The number of unbranched alkanes of at least 4 members (excludes halogenated alkanes) is 1. The van der Waals surface area contributed by atoms with Gasteiger partial charge in [0.15, 0.2) is 11.6 Å². The SMILES string of the molecule is C#CCCCOc1c(F)cccc1CC(C)N. The Bertz CT molecular complexity index is 396. The Morgan fingerprint density at radius 3 is 2.94 bits per heavy atom. The van der Waals surface area contributed by atoms with Gasteiger partial charge in [-0.1, -0.05) is 12.1 Å². The number of hydrogen-bond donors (Lipinski definition) is 1. The highest BCUT2D eigenvalue weighted by atomic mass is 19.1. The molecule has 1 unspecified atom stereocenters. The zero-order valence-electron chi connectivity index (χ0n) is 10.1. The van der Waals surface area contributed by atoms with E-state index in [1.807, 2.05) is 13.0 Å². The first-order valence-corrected chi connectivity index (χ1v) is 5.74. The van der Waals surface area contributed by atoms with Crippen LogP contribution in [-0.2, 0) is 6.42 Å². The second-order valence-electron chi connectivity index (χ2n) is 4.07. The van der Waals surface area contributed by atoms with E-state index >= 15 is 0 Å². The van der Waals surface area contributed by atoms with Gasteiger partial charge in [0.2, 0.25) is 0 Å². The molecule has 0 aliphatic heterocycles. The Hall–Kier alpha value is -1.53. The summed E-state index contributed by atoms with van der Waals surface area (Å²) >= 11 is 0. The number of nitrogens with two attached hydrogens (primary N) is 1. The van der Waals surface area contributed by atoms with Crippen molar-refractivity contribution in [1.82, 2.24) is 0 Å². The van der Waals surface area contributed by atoms with Gasteiger partial charge >= 0.3 is 0 Å². The summed E-state index contributed by atoms with van der Waals surface area (Å²) in [5.41, 5.74) is 6.52. The van der Waals surface area contributed by atoms with E-state index in [0.717, 1.165) is 12.0 Å². The minimum absolute atomic E-state index is 0.0233. The Labute approximate surface area is 102 Å². The summed E-state index contributed by atoms with van der Waals surface area (Å²) in [4.78, 5) is 0. The molecule has 0 saturated carbocycles. The van der Waals surface area contributed by atoms with E-state index in [1.54, 1.807) is 6.07 Å². The molecule has 3 heteroatoms. The molecule has 0 radical (unpaired) electrons. The van der Waals surface area contributed by atoms with Gasteiger partial charge in [-0.2, -0.15) is 0 Å². The molecule has 0 bridgehead atoms. The van der Waals surface area contributed by atoms with Crippen molar-refractivity contribution in [3.8, 4) is 18.1 Å². The molecule has 1 aromatic carbocycles. The van der Waals surface area contributed by atoms with Crippen molar-refractivity contribution in [2.45, 2.75) is 32.2 Å². The Morgan fingerprint density at radius 2 is 2.29 bits per heavy atom. The van der Waals surface area contributed by atoms with E-state index in [2.05, 4.69) is 5.92 Å². The highest BCUT2D eigenvalue weighted by molar-refractivity contribution is 5.35. The first-order valence-electron chi connectivity index (χ1n) is 5.74. The summed E-state index contributed by atoms with van der Waals surface area (Å²) in [5.74, 6) is 2.49. The molecule has 0 amide bonds. The summed E-state index contributed by atoms with van der Waals surface area (Å²) in [6.45, 7) is 2.31. The fourth-order valence-electron chi connectivity index (χ4n) is 1.57. The number of ether oxygens (including phenoxy) is 1. The molecule has 2 N–H and O–H groups in total. The quantitative estimate of drug-likeness (QED) is 0.607. The molecule has 0 spiro atoms. The summed E-state index contributed by atoms with van der Waals surface area (Å²) in [7, 11) is 0. The van der Waals surface area contributed by atoms with Crippen LogP contribution in [0.15, 0.2) is 18.2 Å². The molecular formula is C14H18FNO. The van der Waals surface area contributed by atoms with Crippen LogP contribution >= 0.6 is 0 Å². The lowest BCUT2D eigenvalue weighted by Crippen LogP contribution is -2.18. The van der Waals surface area contributed by atoms with Crippen LogP contribution in [0.1, 0.15) is 25.3 Å². The van der Waals surface area contributed by atoms with E-state index in [9.17, 15) is 4.39 Å². The van der Waals surface area contributed by atoms with Crippen LogP contribution in [0, 0.1) is 18.2 Å². The lowest BCUT2D eigenvalue weighted by atomic mass is 10.1. The normalized spacial score (nSPS) is 11.9. The van der Waals surface area contributed by atoms with Gasteiger partial charge in [0.1, 0.15) is 0 Å². The maximum absolute atomic E-state index is 13.6. The first-order chi connectivity index (χ1) is 8.15. The largest absolute Gasteiger partial charge is 0.490 e. The van der Waals surface area contributed by atoms with Gasteiger partial charge in [-0.15, -0.1) is 12.3 Å². The van der Waals surface area contributed by atoms with E-state index in [4.69, 9.17) is 16.9 Å². The zero-order chi connectivity index (χ0) is 12.7. The van der Waals surface area contributed by atoms with Gasteiger partial charge < -0.3 is 10.5 Å². The molecular weight excluding hydrogens is 217 g/mol. The Morgan fingerprint density at radius 1 is 1.53 bits per heavy atom. The molecule has 2 nitrogen and oxygen atoms in total. The number of rotatable bonds is 6. The van der Waals surface area contributed by atoms with Crippen molar-refractivity contribution >= 4 is 0 Å². The number of para-hydroxylation sites is 1. The highest BCUT2D eigenvalue weighted by Crippen LogP contribution is 2.24. The topological polar surface area (TPSA) is 35.2 Å². The van der Waals surface area contributed by atoms with Crippen LogP contribution in [0.5, 0.6) is 5.75 Å². The summed E-state index contributed by atoms with van der Waals surface area (Å²) in [6, 6.07) is 4.87. The average molecular weight is 235 g/mol. The molecule has 0 saturated heterocycles. The van der Waals surface area contributed by atoms with Gasteiger partial charge in [0.25, 0.3) is 0 Å². The van der Waals surface area contributed by atoms with Crippen LogP contribution < -0.4 is 10.5 Å². The lowest BCUT2D eigenvalue weighted by molar-refractivity contribution is 0.293. The third-order valence-electron chi connectivity index (χ3n) is 2.30. The van der Waals surface area contributed by atoms with Crippen LogP contribution in [0.4, 0.5) is 4.39 Å². The Balaban J connectivity index is 2.70. The Kier molecular flexibility index (Phi) is 5.51. The summed E-state index contributed by atoms with van der Waals surface area (Å²) in [6.07, 6.45) is 7.10. The van der Waals surface area contributed by atoms with Gasteiger partial charge in [0.05, 0.1) is 6.61 Å². The van der Waals surface area contributed by atoms with Crippen molar-refractivity contribution in [2.24, 2.45) is 5.73 Å². The third kappa shape index (κ3) is 4.46. The van der Waals surface area contributed by atoms with Gasteiger partial charge in [-0.25, -0.2) is 4.39 Å². The van der Waals surface area contributed by atoms with Crippen LogP contribution in [-0.4, -0.2) is 12.6 Å². The average Bonchev–Trinajstić information content (AvgIpc) is 2.26. The molecule has 1 aromatic rings. The van der Waals surface area contributed by atoms with Crippen LogP contribution in [0.2, 0.25) is 0 Å². The molecule has 0 aliphatic carbocycles. The van der Waals surface area contributed by atoms with Gasteiger partial charge in [-0.3, -0.25) is 0 Å². The van der Waals surface area contributed by atoms with E-state index in [0.29, 0.717) is 25.2 Å². The third-order valence-corrected chi connectivity index (χ3v) is 2.30. The van der Waals surface area contributed by atoms with Crippen molar-refractivity contribution in [3.05, 3.63) is 29.6 Å². The number of hydrogen-bond acceptors (Lipinski definition) is 2. The van der Waals surface area contributed by atoms with Gasteiger partial charge in [0, 0.05) is 12.5 Å². The van der Waals surface area contributed by atoms with E-state index in [1.165, 1.54) is 6.07 Å². The standard InChI is InChI=1S/C14H18FNO/c1-3-4-5-9-17-14-12(10-11(2)16)7-6-8-13(14)15/h1,6-8,11H,4-5,9-10,16H2,2H3. The minimum atomic E-state index is -0.344. The first kappa shape index (κ1) is 13.5. The fraction of sp³-hybridized carbons (Fsp3) is 0.429.